The van der Waals surface area contributed by atoms with E-state index in [9.17, 15) is 18.0 Å². The van der Waals surface area contributed by atoms with Gasteiger partial charge in [0, 0.05) is 30.4 Å². The van der Waals surface area contributed by atoms with E-state index < -0.39 is 23.9 Å². The first-order chi connectivity index (χ1) is 11.4. The second kappa shape index (κ2) is 7.96. The quantitative estimate of drug-likeness (QED) is 0.829. The molecule has 0 aliphatic carbocycles. The first kappa shape index (κ1) is 18.0. The maximum Gasteiger partial charge on any atom is 0.416 e. The molecule has 1 atom stereocenters. The van der Waals surface area contributed by atoms with E-state index in [0.717, 1.165) is 6.07 Å². The number of alkyl halides is 4. The van der Waals surface area contributed by atoms with Gasteiger partial charge in [-0.3, -0.25) is 9.97 Å². The van der Waals surface area contributed by atoms with Gasteiger partial charge < -0.3 is 10.1 Å². The number of nitrogens with one attached hydrogen (secondary N) is 1. The molecule has 0 aliphatic rings. The van der Waals surface area contributed by atoms with E-state index in [4.69, 9.17) is 16.3 Å². The normalized spacial score (nSPS) is 12.5. The van der Waals surface area contributed by atoms with E-state index in [0.29, 0.717) is 0 Å². The van der Waals surface area contributed by atoms with Crippen LogP contribution >= 0.6 is 11.6 Å². The fourth-order valence-corrected chi connectivity index (χ4v) is 2.11. The second-order valence-corrected chi connectivity index (χ2v) is 4.99. The molecule has 1 aromatic carbocycles. The Morgan fingerprint density at radius 2 is 2.04 bits per heavy atom. The second-order valence-electron chi connectivity index (χ2n) is 4.62. The average Bonchev–Trinajstić information content (AvgIpc) is 2.58. The molecule has 0 aliphatic heterocycles. The predicted molar refractivity (Wildman–Crippen MR) is 80.5 cm³/mol. The minimum Gasteiger partial charge on any atom is -0.435 e. The van der Waals surface area contributed by atoms with Crippen LogP contribution < -0.4 is 5.32 Å². The highest BCUT2D eigenvalue weighted by Crippen LogP contribution is 2.37. The lowest BCUT2D eigenvalue weighted by Gasteiger charge is -2.21. The van der Waals surface area contributed by atoms with Crippen LogP contribution in [0.3, 0.4) is 0 Å². The average molecular weight is 360 g/mol. The molecule has 24 heavy (non-hydrogen) atoms. The minimum atomic E-state index is -4.60. The van der Waals surface area contributed by atoms with Crippen molar-refractivity contribution in [1.29, 1.82) is 0 Å². The number of ether oxygens (including phenoxy) is 1. The summed E-state index contributed by atoms with van der Waals surface area (Å²) in [5.74, 6) is 0.143. The number of carbonyl (C=O) groups excluding carboxylic acids is 1. The summed E-state index contributed by atoms with van der Waals surface area (Å²) < 4.78 is 44.9. The van der Waals surface area contributed by atoms with Gasteiger partial charge in [-0.05, 0) is 6.07 Å². The molecule has 1 unspecified atom stereocenters. The van der Waals surface area contributed by atoms with E-state index in [1.54, 1.807) is 0 Å². The summed E-state index contributed by atoms with van der Waals surface area (Å²) in [4.78, 5) is 19.6. The van der Waals surface area contributed by atoms with Crippen molar-refractivity contribution in [3.63, 3.8) is 0 Å². The van der Waals surface area contributed by atoms with Crippen molar-refractivity contribution in [3.8, 4) is 0 Å². The summed E-state index contributed by atoms with van der Waals surface area (Å²) in [6.07, 6.45) is -2.95. The van der Waals surface area contributed by atoms with Gasteiger partial charge in [0.05, 0.1) is 11.8 Å². The Morgan fingerprint density at radius 1 is 1.29 bits per heavy atom. The van der Waals surface area contributed by atoms with Gasteiger partial charge in [-0.2, -0.15) is 13.2 Å². The van der Waals surface area contributed by atoms with Crippen LogP contribution in [0.25, 0.3) is 0 Å². The van der Waals surface area contributed by atoms with Crippen LogP contribution in [0.4, 0.5) is 18.0 Å². The Morgan fingerprint density at radius 3 is 2.67 bits per heavy atom. The third-order valence-electron chi connectivity index (χ3n) is 2.99. The monoisotopic (exact) mass is 359 g/mol. The van der Waals surface area contributed by atoms with Crippen LogP contribution in [0.15, 0.2) is 42.9 Å². The number of hydrogen-bond acceptors (Lipinski definition) is 4. The molecule has 0 radical (unpaired) electrons. The first-order valence-electron chi connectivity index (χ1n) is 6.86. The van der Waals surface area contributed by atoms with Gasteiger partial charge in [-0.15, -0.1) is 11.6 Å². The van der Waals surface area contributed by atoms with Crippen molar-refractivity contribution in [3.05, 3.63) is 59.7 Å². The first-order valence-corrected chi connectivity index (χ1v) is 7.39. The molecule has 1 amide bonds. The highest BCUT2D eigenvalue weighted by Gasteiger charge is 2.36. The van der Waals surface area contributed by atoms with Crippen molar-refractivity contribution in [2.45, 2.75) is 12.3 Å². The van der Waals surface area contributed by atoms with Gasteiger partial charge in [0.15, 0.2) is 6.10 Å². The molecule has 128 valence electrons. The van der Waals surface area contributed by atoms with Gasteiger partial charge in [-0.1, -0.05) is 18.2 Å². The van der Waals surface area contributed by atoms with Crippen LogP contribution in [0, 0.1) is 0 Å². The molecule has 2 aromatic rings. The van der Waals surface area contributed by atoms with Gasteiger partial charge >= 0.3 is 12.3 Å². The molecule has 5 nitrogen and oxygen atoms in total. The maximum absolute atomic E-state index is 13.3. The Bertz CT molecular complexity index is 683. The Hall–Kier alpha value is -2.35. The van der Waals surface area contributed by atoms with Crippen LogP contribution in [0.1, 0.15) is 22.9 Å². The number of hydrogen-bond donors (Lipinski definition) is 1. The summed E-state index contributed by atoms with van der Waals surface area (Å²) in [6, 6.07) is 4.83. The number of aromatic nitrogens is 2. The number of nitrogens with zero attached hydrogens (tertiary/aromatic N) is 2. The van der Waals surface area contributed by atoms with Crippen LogP contribution in [-0.4, -0.2) is 28.5 Å². The molecular formula is C15H13ClF3N3O2. The van der Waals surface area contributed by atoms with Crippen LogP contribution in [0.5, 0.6) is 0 Å². The Balaban J connectivity index is 2.42. The highest BCUT2D eigenvalue weighted by molar-refractivity contribution is 6.18. The zero-order valence-corrected chi connectivity index (χ0v) is 13.0. The number of halogens is 4. The molecular weight excluding hydrogens is 347 g/mol. The molecule has 2 rings (SSSR count). The van der Waals surface area contributed by atoms with Crippen molar-refractivity contribution in [1.82, 2.24) is 15.3 Å². The van der Waals surface area contributed by atoms with Gasteiger partial charge in [0.1, 0.15) is 5.69 Å². The van der Waals surface area contributed by atoms with E-state index in [2.05, 4.69) is 15.3 Å². The summed E-state index contributed by atoms with van der Waals surface area (Å²) in [7, 11) is 0. The van der Waals surface area contributed by atoms with Crippen molar-refractivity contribution in [2.75, 3.05) is 12.4 Å². The lowest BCUT2D eigenvalue weighted by molar-refractivity contribution is -0.139. The smallest absolute Gasteiger partial charge is 0.416 e. The standard InChI is InChI=1S/C15H13ClF3N3O2/c16-5-6-22-14(23)24-13(12-9-20-7-8-21-12)10-3-1-2-4-11(10)15(17,18)19/h1-4,7-9,13H,5-6H2,(H,22,23). The number of carbonyl (C=O) groups is 1. The molecule has 1 aromatic heterocycles. The highest BCUT2D eigenvalue weighted by atomic mass is 35.5. The van der Waals surface area contributed by atoms with E-state index in [1.807, 2.05) is 0 Å². The fraction of sp³-hybridized carbons (Fsp3) is 0.267. The SMILES string of the molecule is O=C(NCCCl)OC(c1cnccn1)c1ccccc1C(F)(F)F. The molecule has 1 heterocycles. The molecule has 0 saturated carbocycles. The largest absolute Gasteiger partial charge is 0.435 e. The molecule has 1 N–H and O–H groups in total. The fourth-order valence-electron chi connectivity index (χ4n) is 2.01. The third kappa shape index (κ3) is 4.58. The van der Waals surface area contributed by atoms with Crippen molar-refractivity contribution < 1.29 is 22.7 Å². The van der Waals surface area contributed by atoms with Gasteiger partial charge in [0.25, 0.3) is 0 Å². The van der Waals surface area contributed by atoms with Crippen molar-refractivity contribution >= 4 is 17.7 Å². The van der Waals surface area contributed by atoms with E-state index in [1.165, 1.54) is 36.8 Å². The number of benzene rings is 1. The Kier molecular flexibility index (Phi) is 5.97. The molecule has 0 fully saturated rings. The number of rotatable bonds is 5. The third-order valence-corrected chi connectivity index (χ3v) is 3.18. The number of alkyl carbamates (subject to hydrolysis) is 1. The Labute approximate surface area is 140 Å². The summed E-state index contributed by atoms with van der Waals surface area (Å²) in [6.45, 7) is 0.120. The molecule has 0 saturated heterocycles. The summed E-state index contributed by atoms with van der Waals surface area (Å²) in [5, 5.41) is 2.34. The van der Waals surface area contributed by atoms with Crippen LogP contribution in [-0.2, 0) is 10.9 Å². The van der Waals surface area contributed by atoms with Gasteiger partial charge in [-0.25, -0.2) is 4.79 Å². The summed E-state index contributed by atoms with van der Waals surface area (Å²) in [5.41, 5.74) is -1.06. The maximum atomic E-state index is 13.3. The molecule has 9 heteroatoms. The molecule has 0 bridgehead atoms. The van der Waals surface area contributed by atoms with Crippen LogP contribution in [0.2, 0.25) is 0 Å². The predicted octanol–water partition coefficient (Wildman–Crippen LogP) is 3.55. The minimum absolute atomic E-state index is 0.0789. The molecule has 0 spiro atoms. The van der Waals surface area contributed by atoms with Gasteiger partial charge in [0.2, 0.25) is 0 Å². The van der Waals surface area contributed by atoms with E-state index >= 15 is 0 Å². The lowest BCUT2D eigenvalue weighted by atomic mass is 10.00. The zero-order valence-electron chi connectivity index (χ0n) is 12.3. The van der Waals surface area contributed by atoms with E-state index in [-0.39, 0.29) is 23.7 Å². The lowest BCUT2D eigenvalue weighted by Crippen LogP contribution is -2.29. The summed E-state index contributed by atoms with van der Waals surface area (Å²) >= 11 is 5.46. The van der Waals surface area contributed by atoms with Crippen molar-refractivity contribution in [2.24, 2.45) is 0 Å². The topological polar surface area (TPSA) is 64.1 Å². The number of amides is 1. The zero-order chi connectivity index (χ0) is 17.6.